The Bertz CT molecular complexity index is 551. The van der Waals surface area contributed by atoms with Gasteiger partial charge in [0.25, 0.3) is 0 Å². The average Bonchev–Trinajstić information content (AvgIpc) is 2.47. The molecule has 112 valence electrons. The largest absolute Gasteiger partial charge is 0.496 e. The molecule has 2 N–H and O–H groups in total. The first-order chi connectivity index (χ1) is 9.99. The molecule has 0 aromatic heterocycles. The maximum absolute atomic E-state index is 12.0. The van der Waals surface area contributed by atoms with Gasteiger partial charge in [-0.15, -0.1) is 12.3 Å². The minimum Gasteiger partial charge on any atom is -0.496 e. The minimum atomic E-state index is -1.16. The highest BCUT2D eigenvalue weighted by Crippen LogP contribution is 2.18. The predicted molar refractivity (Wildman–Crippen MR) is 77.9 cm³/mol. The van der Waals surface area contributed by atoms with Crippen LogP contribution in [0.5, 0.6) is 5.75 Å². The van der Waals surface area contributed by atoms with Gasteiger partial charge < -0.3 is 20.1 Å². The molecule has 0 fully saturated rings. The molecule has 0 aliphatic rings. The van der Waals surface area contributed by atoms with Gasteiger partial charge >= 0.3 is 12.0 Å². The van der Waals surface area contributed by atoms with Crippen LogP contribution in [0.25, 0.3) is 0 Å². The summed E-state index contributed by atoms with van der Waals surface area (Å²) in [5.41, 5.74) is 0.821. The monoisotopic (exact) mass is 290 g/mol. The Labute approximate surface area is 123 Å². The van der Waals surface area contributed by atoms with E-state index in [-0.39, 0.29) is 13.0 Å². The van der Waals surface area contributed by atoms with Crippen LogP contribution in [0, 0.1) is 12.3 Å². The van der Waals surface area contributed by atoms with E-state index in [9.17, 15) is 9.59 Å². The molecule has 0 aliphatic carbocycles. The number of amides is 2. The molecule has 0 radical (unpaired) electrons. The third-order valence-electron chi connectivity index (χ3n) is 2.86. The molecule has 1 atom stereocenters. The highest BCUT2D eigenvalue weighted by molar-refractivity contribution is 5.82. The van der Waals surface area contributed by atoms with Crippen LogP contribution in [0.2, 0.25) is 0 Å². The number of para-hydroxylation sites is 1. The van der Waals surface area contributed by atoms with Crippen LogP contribution >= 0.6 is 0 Å². The number of carbonyl (C=O) groups excluding carboxylic acids is 1. The number of benzene rings is 1. The summed E-state index contributed by atoms with van der Waals surface area (Å²) in [4.78, 5) is 24.3. The third-order valence-corrected chi connectivity index (χ3v) is 2.86. The fourth-order valence-electron chi connectivity index (χ4n) is 1.74. The fraction of sp³-hybridized carbons (Fsp3) is 0.333. The highest BCUT2D eigenvalue weighted by Gasteiger charge is 2.21. The van der Waals surface area contributed by atoms with E-state index in [1.165, 1.54) is 4.90 Å². The van der Waals surface area contributed by atoms with Crippen molar-refractivity contribution in [3.8, 4) is 18.1 Å². The van der Waals surface area contributed by atoms with Crippen LogP contribution in [-0.4, -0.2) is 42.2 Å². The van der Waals surface area contributed by atoms with Gasteiger partial charge in [-0.25, -0.2) is 9.59 Å². The van der Waals surface area contributed by atoms with Gasteiger partial charge in [-0.2, -0.15) is 0 Å². The molecule has 6 heteroatoms. The molecule has 0 heterocycles. The number of hydrogen-bond donors (Lipinski definition) is 2. The number of nitrogens with one attached hydrogen (secondary N) is 1. The molecule has 1 rings (SSSR count). The quantitative estimate of drug-likeness (QED) is 0.774. The van der Waals surface area contributed by atoms with Crippen molar-refractivity contribution in [2.24, 2.45) is 0 Å². The highest BCUT2D eigenvalue weighted by atomic mass is 16.5. The third kappa shape index (κ3) is 4.73. The lowest BCUT2D eigenvalue weighted by molar-refractivity contribution is -0.139. The van der Waals surface area contributed by atoms with E-state index in [4.69, 9.17) is 16.3 Å². The second-order valence-electron chi connectivity index (χ2n) is 4.42. The minimum absolute atomic E-state index is 0.0659. The summed E-state index contributed by atoms with van der Waals surface area (Å²) in [7, 11) is 3.11. The molecule has 0 bridgehead atoms. The van der Waals surface area contributed by atoms with Crippen LogP contribution in [0.3, 0.4) is 0 Å². The van der Waals surface area contributed by atoms with E-state index in [0.717, 1.165) is 5.56 Å². The maximum Gasteiger partial charge on any atom is 0.327 e. The van der Waals surface area contributed by atoms with E-state index in [2.05, 4.69) is 11.2 Å². The normalized spacial score (nSPS) is 11.1. The van der Waals surface area contributed by atoms with Gasteiger partial charge in [-0.05, 0) is 6.07 Å². The van der Waals surface area contributed by atoms with Gasteiger partial charge in [0.2, 0.25) is 0 Å². The van der Waals surface area contributed by atoms with E-state index in [1.54, 1.807) is 20.2 Å². The summed E-state index contributed by atoms with van der Waals surface area (Å²) in [6.45, 7) is 0.290. The predicted octanol–water partition coefficient (Wildman–Crippen LogP) is 1.31. The molecule has 21 heavy (non-hydrogen) atoms. The van der Waals surface area contributed by atoms with Crippen molar-refractivity contribution in [1.29, 1.82) is 0 Å². The zero-order valence-corrected chi connectivity index (χ0v) is 12.0. The zero-order chi connectivity index (χ0) is 15.8. The van der Waals surface area contributed by atoms with Gasteiger partial charge in [0.1, 0.15) is 11.8 Å². The molecule has 1 unspecified atom stereocenters. The van der Waals surface area contributed by atoms with Crippen LogP contribution in [0.1, 0.15) is 12.0 Å². The fourth-order valence-corrected chi connectivity index (χ4v) is 1.74. The van der Waals surface area contributed by atoms with Gasteiger partial charge in [0.05, 0.1) is 13.7 Å². The second-order valence-corrected chi connectivity index (χ2v) is 4.42. The van der Waals surface area contributed by atoms with Crippen molar-refractivity contribution in [3.63, 3.8) is 0 Å². The van der Waals surface area contributed by atoms with Crippen LogP contribution in [0.4, 0.5) is 4.79 Å². The van der Waals surface area contributed by atoms with Gasteiger partial charge in [0.15, 0.2) is 0 Å². The number of nitrogens with zero attached hydrogens (tertiary/aromatic N) is 1. The lowest BCUT2D eigenvalue weighted by Gasteiger charge is -2.21. The number of hydrogen-bond acceptors (Lipinski definition) is 3. The summed E-state index contributed by atoms with van der Waals surface area (Å²) >= 11 is 0. The molecule has 0 saturated carbocycles. The first kappa shape index (κ1) is 16.4. The number of terminal acetylenes is 1. The molecule has 0 spiro atoms. The Morgan fingerprint density at radius 3 is 2.71 bits per heavy atom. The van der Waals surface area contributed by atoms with E-state index >= 15 is 0 Å². The number of carboxylic acid groups (broad SMARTS) is 1. The SMILES string of the molecule is C#CCC(NC(=O)N(C)Cc1ccccc1OC)C(=O)O. The second kappa shape index (κ2) is 7.80. The van der Waals surface area contributed by atoms with E-state index in [1.807, 2.05) is 18.2 Å². The molecule has 0 saturated heterocycles. The number of rotatable bonds is 6. The van der Waals surface area contributed by atoms with Crippen molar-refractivity contribution in [2.75, 3.05) is 14.2 Å². The number of carbonyl (C=O) groups is 2. The van der Waals surface area contributed by atoms with Crippen LogP contribution in [-0.2, 0) is 11.3 Å². The average molecular weight is 290 g/mol. The summed E-state index contributed by atoms with van der Waals surface area (Å²) in [5.74, 6) is 1.73. The molecule has 1 aromatic rings. The van der Waals surface area contributed by atoms with Gasteiger partial charge in [0, 0.05) is 19.0 Å². The number of methoxy groups -OCH3 is 1. The summed E-state index contributed by atoms with van der Waals surface area (Å²) < 4.78 is 5.20. The first-order valence-corrected chi connectivity index (χ1v) is 6.29. The number of urea groups is 1. The summed E-state index contributed by atoms with van der Waals surface area (Å²) in [6.07, 6.45) is 5.02. The van der Waals surface area contributed by atoms with Gasteiger partial charge in [-0.3, -0.25) is 0 Å². The van der Waals surface area contributed by atoms with Crippen molar-refractivity contribution < 1.29 is 19.4 Å². The molecule has 2 amide bonds. The Balaban J connectivity index is 2.70. The smallest absolute Gasteiger partial charge is 0.327 e. The molecular weight excluding hydrogens is 272 g/mol. The van der Waals surface area contributed by atoms with Crippen molar-refractivity contribution >= 4 is 12.0 Å². The molecule has 1 aromatic carbocycles. The topological polar surface area (TPSA) is 78.9 Å². The van der Waals surface area contributed by atoms with Crippen molar-refractivity contribution in [3.05, 3.63) is 29.8 Å². The standard InChI is InChI=1S/C15H18N2O4/c1-4-7-12(14(18)19)16-15(20)17(2)10-11-8-5-6-9-13(11)21-3/h1,5-6,8-9,12H,7,10H2,2-3H3,(H,16,20)(H,18,19). The summed E-state index contributed by atoms with van der Waals surface area (Å²) in [6, 6.07) is 5.68. The van der Waals surface area contributed by atoms with E-state index in [0.29, 0.717) is 5.75 Å². The Morgan fingerprint density at radius 1 is 1.48 bits per heavy atom. The summed E-state index contributed by atoms with van der Waals surface area (Å²) in [5, 5.41) is 11.3. The Hall–Kier alpha value is -2.68. The Kier molecular flexibility index (Phi) is 6.08. The number of aliphatic carboxylic acids is 1. The van der Waals surface area contributed by atoms with E-state index < -0.39 is 18.0 Å². The molecule has 6 nitrogen and oxygen atoms in total. The maximum atomic E-state index is 12.0. The first-order valence-electron chi connectivity index (χ1n) is 6.29. The van der Waals surface area contributed by atoms with Crippen LogP contribution in [0.15, 0.2) is 24.3 Å². The van der Waals surface area contributed by atoms with Crippen molar-refractivity contribution in [1.82, 2.24) is 10.2 Å². The number of ether oxygens (including phenoxy) is 1. The zero-order valence-electron chi connectivity index (χ0n) is 12.0. The number of carboxylic acids is 1. The molecular formula is C15H18N2O4. The van der Waals surface area contributed by atoms with Gasteiger partial charge in [-0.1, -0.05) is 18.2 Å². The van der Waals surface area contributed by atoms with Crippen molar-refractivity contribution in [2.45, 2.75) is 19.0 Å². The lowest BCUT2D eigenvalue weighted by atomic mass is 10.2. The lowest BCUT2D eigenvalue weighted by Crippen LogP contribution is -2.46. The Morgan fingerprint density at radius 2 is 2.14 bits per heavy atom. The van der Waals surface area contributed by atoms with Crippen LogP contribution < -0.4 is 10.1 Å². The molecule has 0 aliphatic heterocycles.